The van der Waals surface area contributed by atoms with Gasteiger partial charge in [0.25, 0.3) is 0 Å². The Morgan fingerprint density at radius 3 is 1.27 bits per heavy atom. The van der Waals surface area contributed by atoms with E-state index in [0.717, 1.165) is 58.5 Å². The molecule has 0 N–H and O–H groups in total. The van der Waals surface area contributed by atoms with Crippen molar-refractivity contribution < 1.29 is 9.78 Å². The highest BCUT2D eigenvalue weighted by Gasteiger charge is 2.59. The molecule has 2 aromatic heterocycles. The maximum absolute atomic E-state index is 6.64. The molecule has 7 rings (SSSR count). The van der Waals surface area contributed by atoms with Gasteiger partial charge < -0.3 is 0 Å². The fourth-order valence-electron chi connectivity index (χ4n) is 6.56. The number of rotatable bonds is 6. The van der Waals surface area contributed by atoms with Gasteiger partial charge in [-0.15, -0.1) is 33.8 Å². The minimum absolute atomic E-state index is 0.963. The fourth-order valence-corrected chi connectivity index (χ4v) is 13.1. The first-order valence-corrected chi connectivity index (χ1v) is 21.9. The second-order valence-electron chi connectivity index (χ2n) is 11.4. The number of benzene rings is 2. The summed E-state index contributed by atoms with van der Waals surface area (Å²) < 4.78 is 2.50. The van der Waals surface area contributed by atoms with Crippen molar-refractivity contribution in [1.29, 1.82) is 0 Å². The van der Waals surface area contributed by atoms with Gasteiger partial charge in [-0.2, -0.15) is 0 Å². The zero-order chi connectivity index (χ0) is 28.2. The highest BCUT2D eigenvalue weighted by molar-refractivity contribution is 7.17. The van der Waals surface area contributed by atoms with Crippen LogP contribution in [0.5, 0.6) is 0 Å². The highest BCUT2D eigenvalue weighted by atomic mass is 32.1. The lowest BCUT2D eigenvalue weighted by Crippen LogP contribution is -2.52. The van der Waals surface area contributed by atoms with Crippen LogP contribution >= 0.6 is 22.7 Å². The van der Waals surface area contributed by atoms with E-state index >= 15 is 0 Å². The normalized spacial score (nSPS) is 21.4. The lowest BCUT2D eigenvalue weighted by molar-refractivity contribution is -0.401. The van der Waals surface area contributed by atoms with Gasteiger partial charge in [-0.25, -0.2) is 9.78 Å². The maximum Gasteiger partial charge on any atom is 0.214 e. The largest absolute Gasteiger partial charge is 0.214 e. The molecule has 2 atom stereocenters. The van der Waals surface area contributed by atoms with E-state index in [4.69, 9.17) is 9.78 Å². The summed E-state index contributed by atoms with van der Waals surface area (Å²) in [4.78, 5) is 13.3. The summed E-state index contributed by atoms with van der Waals surface area (Å²) >= 11 is 3.55. The molecule has 2 unspecified atom stereocenters. The van der Waals surface area contributed by atoms with Crippen molar-refractivity contribution in [2.45, 2.75) is 89.0 Å². The van der Waals surface area contributed by atoms with Crippen LogP contribution < -0.4 is 0 Å². The van der Waals surface area contributed by atoms with Crippen LogP contribution in [0.4, 0.5) is 0 Å². The maximum atomic E-state index is 6.64. The molecule has 1 aliphatic carbocycles. The molecule has 0 saturated carbocycles. The SMILES string of the molecule is CC[Si](C#CC12OOC(C#C[Si](CC)(CC)CC)(c3cc4ccsc4cc31)c1cc3sccc3cc12)(CC)CC. The van der Waals surface area contributed by atoms with Crippen LogP contribution in [0.2, 0.25) is 36.3 Å². The lowest BCUT2D eigenvalue weighted by Gasteiger charge is -2.49. The molecule has 4 aromatic rings. The van der Waals surface area contributed by atoms with Gasteiger partial charge in [-0.05, 0) is 94.2 Å². The first kappa shape index (κ1) is 28.0. The van der Waals surface area contributed by atoms with Crippen molar-refractivity contribution in [3.05, 3.63) is 69.4 Å². The zero-order valence-corrected chi connectivity index (χ0v) is 28.1. The van der Waals surface area contributed by atoms with Crippen LogP contribution in [0.3, 0.4) is 0 Å². The molecule has 3 aliphatic rings. The number of thiophene rings is 2. The van der Waals surface area contributed by atoms with Crippen molar-refractivity contribution in [1.82, 2.24) is 0 Å². The Labute approximate surface area is 249 Å². The van der Waals surface area contributed by atoms with Crippen LogP contribution in [0.15, 0.2) is 47.2 Å². The molecule has 2 bridgehead atoms. The Morgan fingerprint density at radius 1 is 0.575 bits per heavy atom. The fraction of sp³-hybridized carbons (Fsp3) is 0.412. The minimum atomic E-state index is -1.76. The first-order chi connectivity index (χ1) is 19.4. The monoisotopic (exact) mass is 598 g/mol. The molecule has 4 heterocycles. The van der Waals surface area contributed by atoms with Gasteiger partial charge >= 0.3 is 0 Å². The Morgan fingerprint density at radius 2 is 0.925 bits per heavy atom. The summed E-state index contributed by atoms with van der Waals surface area (Å²) in [6.45, 7) is 13.8. The van der Waals surface area contributed by atoms with E-state index in [1.54, 1.807) is 22.7 Å². The van der Waals surface area contributed by atoms with Crippen molar-refractivity contribution in [2.24, 2.45) is 0 Å². The molecular formula is C34H38O2S2Si2. The Balaban J connectivity index is 1.72. The van der Waals surface area contributed by atoms with Crippen molar-refractivity contribution in [3.8, 4) is 22.9 Å². The molecule has 206 valence electrons. The summed E-state index contributed by atoms with van der Waals surface area (Å²) in [6.07, 6.45) is 0. The van der Waals surface area contributed by atoms with Crippen LogP contribution in [-0.4, -0.2) is 16.1 Å². The second kappa shape index (κ2) is 10.3. The molecule has 2 aromatic carbocycles. The Bertz CT molecular complexity index is 1500. The quantitative estimate of drug-likeness (QED) is 0.125. The number of hydrogen-bond acceptors (Lipinski definition) is 4. The summed E-state index contributed by atoms with van der Waals surface area (Å²) in [7, 11) is -3.52. The molecule has 0 radical (unpaired) electrons. The molecule has 0 spiro atoms. The average molecular weight is 599 g/mol. The van der Waals surface area contributed by atoms with E-state index in [2.05, 4.69) is 112 Å². The average Bonchev–Trinajstić information content (AvgIpc) is 3.67. The predicted molar refractivity (Wildman–Crippen MR) is 177 cm³/mol. The summed E-state index contributed by atoms with van der Waals surface area (Å²) in [5, 5.41) is 6.80. The van der Waals surface area contributed by atoms with E-state index < -0.39 is 27.3 Å². The van der Waals surface area contributed by atoms with Crippen LogP contribution in [0.1, 0.15) is 63.8 Å². The van der Waals surface area contributed by atoms with Gasteiger partial charge in [0, 0.05) is 31.7 Å². The highest BCUT2D eigenvalue weighted by Crippen LogP contribution is 2.58. The van der Waals surface area contributed by atoms with Gasteiger partial charge in [-0.3, -0.25) is 0 Å². The summed E-state index contributed by atoms with van der Waals surface area (Å²) in [6, 6.07) is 20.5. The Kier molecular flexibility index (Phi) is 7.19. The van der Waals surface area contributed by atoms with E-state index in [1.165, 1.54) is 20.2 Å². The van der Waals surface area contributed by atoms with Gasteiger partial charge in [0.15, 0.2) is 0 Å². The van der Waals surface area contributed by atoms with E-state index in [1.807, 2.05) is 0 Å². The molecule has 2 aliphatic heterocycles. The third-order valence-electron chi connectivity index (χ3n) is 10.1. The molecular weight excluding hydrogens is 561 g/mol. The summed E-state index contributed by atoms with van der Waals surface area (Å²) in [5.41, 5.74) is 10.3. The number of hydrogen-bond donors (Lipinski definition) is 0. The van der Waals surface area contributed by atoms with E-state index in [9.17, 15) is 0 Å². The minimum Gasteiger partial charge on any atom is -0.205 e. The second-order valence-corrected chi connectivity index (χ2v) is 23.2. The topological polar surface area (TPSA) is 18.5 Å². The lowest BCUT2D eigenvalue weighted by atomic mass is 9.66. The third kappa shape index (κ3) is 3.96. The van der Waals surface area contributed by atoms with Crippen LogP contribution in [0, 0.1) is 22.9 Å². The zero-order valence-electron chi connectivity index (χ0n) is 24.5. The molecule has 0 saturated heterocycles. The predicted octanol–water partition coefficient (Wildman–Crippen LogP) is 9.98. The molecule has 6 heteroatoms. The first-order valence-electron chi connectivity index (χ1n) is 14.9. The van der Waals surface area contributed by atoms with Crippen molar-refractivity contribution >= 4 is 59.0 Å². The standard InChI is InChI=1S/C34H38O2S2Si2/c1-7-39(8-2,9-3)19-15-33-27-21-25-13-17-38-32(25)24-30(27)34(36-35-33,16-20-40(10-4,11-5)12-6)28-22-26-14-18-37-31(26)23-29(28)33/h13-14,17-18,21-24H,7-12H2,1-6H3. The Hall–Kier alpha value is -2.17. The smallest absolute Gasteiger partial charge is 0.205 e. The third-order valence-corrected chi connectivity index (χ3v) is 21.3. The van der Waals surface area contributed by atoms with Crippen molar-refractivity contribution in [3.63, 3.8) is 0 Å². The van der Waals surface area contributed by atoms with Gasteiger partial charge in [0.1, 0.15) is 16.1 Å². The molecule has 2 nitrogen and oxygen atoms in total. The number of fused-ring (bicyclic) bond motifs is 3. The van der Waals surface area contributed by atoms with E-state index in [0.29, 0.717) is 0 Å². The van der Waals surface area contributed by atoms with Gasteiger partial charge in [-0.1, -0.05) is 53.4 Å². The van der Waals surface area contributed by atoms with E-state index in [-0.39, 0.29) is 0 Å². The van der Waals surface area contributed by atoms with Gasteiger partial charge in [0.05, 0.1) is 0 Å². The van der Waals surface area contributed by atoms with Crippen LogP contribution in [-0.2, 0) is 21.0 Å². The summed E-state index contributed by atoms with van der Waals surface area (Å²) in [5.74, 6) is 7.60. The van der Waals surface area contributed by atoms with Crippen molar-refractivity contribution in [2.75, 3.05) is 0 Å². The molecule has 40 heavy (non-hydrogen) atoms. The van der Waals surface area contributed by atoms with Gasteiger partial charge in [0.2, 0.25) is 11.2 Å². The molecule has 0 amide bonds. The molecule has 0 fully saturated rings. The van der Waals surface area contributed by atoms with Crippen LogP contribution in [0.25, 0.3) is 20.2 Å².